The molecule has 3 rings (SSSR count). The summed E-state index contributed by atoms with van der Waals surface area (Å²) in [5.41, 5.74) is 2.21. The first-order valence-electron chi connectivity index (χ1n) is 12.6. The third-order valence-electron chi connectivity index (χ3n) is 6.35. The number of fused-ring (bicyclic) bond motifs is 1. The van der Waals surface area contributed by atoms with E-state index in [2.05, 4.69) is 5.32 Å². The van der Waals surface area contributed by atoms with Crippen molar-refractivity contribution in [1.29, 1.82) is 0 Å². The molecule has 9 nitrogen and oxygen atoms in total. The zero-order valence-corrected chi connectivity index (χ0v) is 23.0. The molecule has 10 heteroatoms. The van der Waals surface area contributed by atoms with Crippen LogP contribution in [0.2, 0.25) is 0 Å². The monoisotopic (exact) mass is 531 g/mol. The average Bonchev–Trinajstić information content (AvgIpc) is 2.87. The number of amides is 2. The highest BCUT2D eigenvalue weighted by molar-refractivity contribution is 7.92. The minimum Gasteiger partial charge on any atom is -0.486 e. The Balaban J connectivity index is 1.94. The van der Waals surface area contributed by atoms with Crippen molar-refractivity contribution in [3.8, 4) is 11.5 Å². The quantitative estimate of drug-likeness (QED) is 0.477. The Labute approximate surface area is 219 Å². The fraction of sp³-hybridized carbons (Fsp3) is 0.481. The number of carbonyl (C=O) groups excluding carboxylic acids is 2. The first kappa shape index (κ1) is 28.3. The first-order valence-corrected chi connectivity index (χ1v) is 14.4. The fourth-order valence-electron chi connectivity index (χ4n) is 4.05. The molecule has 0 bridgehead atoms. The summed E-state index contributed by atoms with van der Waals surface area (Å²) in [6.07, 6.45) is 2.18. The molecule has 0 fully saturated rings. The Morgan fingerprint density at radius 2 is 1.65 bits per heavy atom. The van der Waals surface area contributed by atoms with Crippen LogP contribution in [0.25, 0.3) is 0 Å². The van der Waals surface area contributed by atoms with Gasteiger partial charge in [-0.15, -0.1) is 0 Å². The Kier molecular flexibility index (Phi) is 9.42. The van der Waals surface area contributed by atoms with Crippen molar-refractivity contribution in [1.82, 2.24) is 10.2 Å². The zero-order valence-electron chi connectivity index (χ0n) is 22.2. The Hall–Kier alpha value is -3.27. The maximum absolute atomic E-state index is 13.8. The van der Waals surface area contributed by atoms with E-state index in [0.29, 0.717) is 31.1 Å². The topological polar surface area (TPSA) is 105 Å². The van der Waals surface area contributed by atoms with Crippen LogP contribution in [-0.2, 0) is 26.2 Å². The van der Waals surface area contributed by atoms with Gasteiger partial charge in [0.25, 0.3) is 0 Å². The number of anilines is 1. The summed E-state index contributed by atoms with van der Waals surface area (Å²) in [6, 6.07) is 11.7. The van der Waals surface area contributed by atoms with Crippen molar-refractivity contribution in [3.63, 3.8) is 0 Å². The number of benzene rings is 2. The lowest BCUT2D eigenvalue weighted by atomic mass is 10.1. The maximum atomic E-state index is 13.8. The van der Waals surface area contributed by atoms with Crippen LogP contribution >= 0.6 is 0 Å². The molecule has 1 heterocycles. The van der Waals surface area contributed by atoms with Crippen LogP contribution in [0.15, 0.2) is 42.5 Å². The summed E-state index contributed by atoms with van der Waals surface area (Å²) in [6.45, 7) is 8.15. The molecule has 1 N–H and O–H groups in total. The van der Waals surface area contributed by atoms with E-state index in [0.717, 1.165) is 28.1 Å². The molecule has 1 aliphatic rings. The molecule has 2 unspecified atom stereocenters. The predicted molar refractivity (Wildman–Crippen MR) is 143 cm³/mol. The summed E-state index contributed by atoms with van der Waals surface area (Å²) >= 11 is 0. The van der Waals surface area contributed by atoms with Gasteiger partial charge in [-0.1, -0.05) is 43.7 Å². The lowest BCUT2D eigenvalue weighted by Gasteiger charge is -2.33. The van der Waals surface area contributed by atoms with Crippen LogP contribution < -0.4 is 19.1 Å². The molecule has 2 amide bonds. The van der Waals surface area contributed by atoms with E-state index in [1.54, 1.807) is 18.2 Å². The van der Waals surface area contributed by atoms with Gasteiger partial charge < -0.3 is 19.7 Å². The van der Waals surface area contributed by atoms with Gasteiger partial charge in [0.15, 0.2) is 11.5 Å². The predicted octanol–water partition coefficient (Wildman–Crippen LogP) is 3.25. The molecule has 0 spiro atoms. The van der Waals surface area contributed by atoms with Gasteiger partial charge in [-0.3, -0.25) is 13.9 Å². The normalized spacial score (nSPS) is 14.4. The van der Waals surface area contributed by atoms with E-state index < -0.39 is 28.5 Å². The first-order chi connectivity index (χ1) is 17.5. The third kappa shape index (κ3) is 7.38. The largest absolute Gasteiger partial charge is 0.486 e. The number of rotatable bonds is 11. The zero-order chi connectivity index (χ0) is 27.2. The molecule has 1 aliphatic heterocycles. The van der Waals surface area contributed by atoms with E-state index in [9.17, 15) is 18.0 Å². The lowest BCUT2D eigenvalue weighted by Crippen LogP contribution is -2.53. The molecule has 2 atom stereocenters. The van der Waals surface area contributed by atoms with Crippen molar-refractivity contribution < 1.29 is 27.5 Å². The highest BCUT2D eigenvalue weighted by Gasteiger charge is 2.32. The molecule has 2 aromatic carbocycles. The van der Waals surface area contributed by atoms with Gasteiger partial charge in [0, 0.05) is 18.7 Å². The molecule has 0 radical (unpaired) electrons. The Morgan fingerprint density at radius 3 is 2.24 bits per heavy atom. The van der Waals surface area contributed by atoms with E-state index in [1.165, 1.54) is 4.90 Å². The third-order valence-corrected chi connectivity index (χ3v) is 7.49. The second kappa shape index (κ2) is 12.3. The van der Waals surface area contributed by atoms with Gasteiger partial charge in [-0.2, -0.15) is 0 Å². The summed E-state index contributed by atoms with van der Waals surface area (Å²) in [5.74, 6) is 0.193. The number of carbonyl (C=O) groups is 2. The molecule has 202 valence electrons. The van der Waals surface area contributed by atoms with Crippen molar-refractivity contribution in [2.75, 3.05) is 30.3 Å². The molecule has 0 saturated heterocycles. The van der Waals surface area contributed by atoms with E-state index in [4.69, 9.17) is 9.47 Å². The SMILES string of the molecule is CCC(C)NC(=O)C(CC)N(Cc1ccc(C)cc1)C(=O)CN(c1ccc2c(c1)OCCO2)S(C)(=O)=O. The second-order valence-corrected chi connectivity index (χ2v) is 11.3. The smallest absolute Gasteiger partial charge is 0.244 e. The number of nitrogens with one attached hydrogen (secondary N) is 1. The molecule has 37 heavy (non-hydrogen) atoms. The number of hydrogen-bond acceptors (Lipinski definition) is 6. The standard InChI is InChI=1S/C27H37N3O6S/c1-6-20(4)28-27(32)23(7-2)29(17-21-10-8-19(3)9-11-21)26(31)18-30(37(5,33)34)22-12-13-24-25(16-22)36-15-14-35-24/h8-13,16,20,23H,6-7,14-15,17-18H2,1-5H3,(H,28,32). The summed E-state index contributed by atoms with van der Waals surface area (Å²) in [7, 11) is -3.84. The van der Waals surface area contributed by atoms with E-state index >= 15 is 0 Å². The van der Waals surface area contributed by atoms with Crippen molar-refractivity contribution in [3.05, 3.63) is 53.6 Å². The highest BCUT2D eigenvalue weighted by atomic mass is 32.2. The van der Waals surface area contributed by atoms with Crippen molar-refractivity contribution in [2.24, 2.45) is 0 Å². The summed E-state index contributed by atoms with van der Waals surface area (Å²) in [4.78, 5) is 28.4. The summed E-state index contributed by atoms with van der Waals surface area (Å²) in [5, 5.41) is 2.97. The number of nitrogens with zero attached hydrogens (tertiary/aromatic N) is 2. The number of hydrogen-bond donors (Lipinski definition) is 1. The molecular formula is C27H37N3O6S. The Bertz CT molecular complexity index is 1200. The number of aryl methyl sites for hydroxylation is 1. The minimum absolute atomic E-state index is 0.0527. The van der Waals surface area contributed by atoms with Crippen LogP contribution in [0, 0.1) is 6.92 Å². The van der Waals surface area contributed by atoms with Gasteiger partial charge in [-0.25, -0.2) is 8.42 Å². The van der Waals surface area contributed by atoms with Crippen LogP contribution in [0.1, 0.15) is 44.7 Å². The van der Waals surface area contributed by atoms with Gasteiger partial charge in [0.05, 0.1) is 11.9 Å². The van der Waals surface area contributed by atoms with Crippen LogP contribution in [0.4, 0.5) is 5.69 Å². The van der Waals surface area contributed by atoms with Crippen LogP contribution in [0.3, 0.4) is 0 Å². The van der Waals surface area contributed by atoms with Gasteiger partial charge >= 0.3 is 0 Å². The fourth-order valence-corrected chi connectivity index (χ4v) is 4.89. The van der Waals surface area contributed by atoms with Crippen molar-refractivity contribution >= 4 is 27.5 Å². The lowest BCUT2D eigenvalue weighted by molar-refractivity contribution is -0.140. The highest BCUT2D eigenvalue weighted by Crippen LogP contribution is 2.34. The van der Waals surface area contributed by atoms with Gasteiger partial charge in [0.1, 0.15) is 25.8 Å². The second-order valence-electron chi connectivity index (χ2n) is 9.35. The average molecular weight is 532 g/mol. The van der Waals surface area contributed by atoms with Crippen LogP contribution in [0.5, 0.6) is 11.5 Å². The van der Waals surface area contributed by atoms with E-state index in [-0.39, 0.29) is 24.2 Å². The van der Waals surface area contributed by atoms with Gasteiger partial charge in [-0.05, 0) is 44.4 Å². The Morgan fingerprint density at radius 1 is 1.00 bits per heavy atom. The maximum Gasteiger partial charge on any atom is 0.244 e. The summed E-state index contributed by atoms with van der Waals surface area (Å²) < 4.78 is 37.8. The number of sulfonamides is 1. The molecule has 0 saturated carbocycles. The molecule has 0 aliphatic carbocycles. The number of ether oxygens (including phenoxy) is 2. The molecule has 2 aromatic rings. The minimum atomic E-state index is -3.84. The van der Waals surface area contributed by atoms with Gasteiger partial charge in [0.2, 0.25) is 21.8 Å². The van der Waals surface area contributed by atoms with Crippen molar-refractivity contribution in [2.45, 2.75) is 59.2 Å². The molecular weight excluding hydrogens is 494 g/mol. The van der Waals surface area contributed by atoms with E-state index in [1.807, 2.05) is 52.0 Å². The van der Waals surface area contributed by atoms with Crippen LogP contribution in [-0.4, -0.2) is 63.2 Å². The molecule has 0 aromatic heterocycles.